The summed E-state index contributed by atoms with van der Waals surface area (Å²) in [7, 11) is 0. The van der Waals surface area contributed by atoms with Gasteiger partial charge in [-0.3, -0.25) is 4.79 Å². The highest BCUT2D eigenvalue weighted by molar-refractivity contribution is 5.78. The van der Waals surface area contributed by atoms with Crippen LogP contribution in [0.15, 0.2) is 24.3 Å². The lowest BCUT2D eigenvalue weighted by atomic mass is 9.99. The highest BCUT2D eigenvalue weighted by atomic mass is 16.1. The smallest absolute Gasteiger partial charge is 0.132 e. The van der Waals surface area contributed by atoms with E-state index in [0.717, 1.165) is 32.1 Å². The van der Waals surface area contributed by atoms with Crippen molar-refractivity contribution in [3.63, 3.8) is 0 Å². The summed E-state index contributed by atoms with van der Waals surface area (Å²) < 4.78 is 0. The molecule has 1 heteroatoms. The molecule has 0 saturated carbocycles. The summed E-state index contributed by atoms with van der Waals surface area (Å²) >= 11 is 0. The molecule has 0 N–H and O–H groups in total. The Morgan fingerprint density at radius 3 is 2.29 bits per heavy atom. The zero-order chi connectivity index (χ0) is 12.7. The van der Waals surface area contributed by atoms with Crippen molar-refractivity contribution in [1.29, 1.82) is 0 Å². The van der Waals surface area contributed by atoms with Crippen molar-refractivity contribution in [3.8, 4) is 0 Å². The van der Waals surface area contributed by atoms with Crippen LogP contribution in [0.1, 0.15) is 63.5 Å². The third-order valence-corrected chi connectivity index (χ3v) is 3.10. The number of Topliss-reactive ketones (excluding diaryl/α,β-unsaturated/α-hetero) is 1. The fourth-order valence-electron chi connectivity index (χ4n) is 1.96. The fourth-order valence-corrected chi connectivity index (χ4v) is 1.96. The van der Waals surface area contributed by atoms with Gasteiger partial charge in [0.05, 0.1) is 0 Å². The molecule has 1 aromatic rings. The van der Waals surface area contributed by atoms with E-state index in [2.05, 4.69) is 45.0 Å². The van der Waals surface area contributed by atoms with Gasteiger partial charge in [0.1, 0.15) is 5.78 Å². The third-order valence-electron chi connectivity index (χ3n) is 3.10. The first-order chi connectivity index (χ1) is 8.13. The fraction of sp³-hybridized carbons (Fsp3) is 0.562. The number of ketones is 1. The Balaban J connectivity index is 2.35. The standard InChI is InChI=1S/C16H24O/c1-4-6-16(17)8-5-7-14-9-11-15(12-10-14)13(2)3/h9-13H,4-8H2,1-3H3. The molecule has 1 nitrogen and oxygen atoms in total. The van der Waals surface area contributed by atoms with Crippen molar-refractivity contribution in [2.45, 2.75) is 58.8 Å². The maximum atomic E-state index is 11.4. The minimum absolute atomic E-state index is 0.409. The molecule has 0 aromatic heterocycles. The van der Waals surface area contributed by atoms with Crippen LogP contribution < -0.4 is 0 Å². The van der Waals surface area contributed by atoms with Crippen LogP contribution in [0.25, 0.3) is 0 Å². The van der Waals surface area contributed by atoms with Crippen LogP contribution in [0.4, 0.5) is 0 Å². The van der Waals surface area contributed by atoms with Crippen LogP contribution >= 0.6 is 0 Å². The summed E-state index contributed by atoms with van der Waals surface area (Å²) in [4.78, 5) is 11.4. The van der Waals surface area contributed by atoms with Crippen LogP contribution in [0.5, 0.6) is 0 Å². The highest BCUT2D eigenvalue weighted by Crippen LogP contribution is 2.15. The summed E-state index contributed by atoms with van der Waals surface area (Å²) in [5.74, 6) is 1.00. The van der Waals surface area contributed by atoms with E-state index in [-0.39, 0.29) is 0 Å². The second-order valence-corrected chi connectivity index (χ2v) is 5.04. The number of carbonyl (C=O) groups is 1. The van der Waals surface area contributed by atoms with Gasteiger partial charge in [0.25, 0.3) is 0 Å². The molecule has 0 heterocycles. The van der Waals surface area contributed by atoms with E-state index in [1.807, 2.05) is 0 Å². The second-order valence-electron chi connectivity index (χ2n) is 5.04. The van der Waals surface area contributed by atoms with Gasteiger partial charge in [-0.25, -0.2) is 0 Å². The predicted molar refractivity (Wildman–Crippen MR) is 73.4 cm³/mol. The molecule has 0 unspecified atom stereocenters. The van der Waals surface area contributed by atoms with Gasteiger partial charge in [-0.1, -0.05) is 45.0 Å². The molecule has 0 radical (unpaired) electrons. The Kier molecular flexibility index (Phi) is 5.96. The lowest BCUT2D eigenvalue weighted by molar-refractivity contribution is -0.119. The normalized spacial score (nSPS) is 10.8. The number of aryl methyl sites for hydroxylation is 1. The number of hydrogen-bond donors (Lipinski definition) is 0. The van der Waals surface area contributed by atoms with Crippen LogP contribution in [-0.4, -0.2) is 5.78 Å². The summed E-state index contributed by atoms with van der Waals surface area (Å²) in [6, 6.07) is 8.79. The van der Waals surface area contributed by atoms with E-state index in [4.69, 9.17) is 0 Å². The molecule has 0 aliphatic carbocycles. The topological polar surface area (TPSA) is 17.1 Å². The number of benzene rings is 1. The molecule has 0 bridgehead atoms. The lowest BCUT2D eigenvalue weighted by Gasteiger charge is -2.06. The quantitative estimate of drug-likeness (QED) is 0.676. The summed E-state index contributed by atoms with van der Waals surface area (Å²) in [5.41, 5.74) is 2.73. The minimum atomic E-state index is 0.409. The first kappa shape index (κ1) is 14.0. The first-order valence-electron chi connectivity index (χ1n) is 6.74. The highest BCUT2D eigenvalue weighted by Gasteiger charge is 2.02. The van der Waals surface area contributed by atoms with E-state index in [1.54, 1.807) is 0 Å². The summed E-state index contributed by atoms with van der Waals surface area (Å²) in [6.07, 6.45) is 4.46. The number of carbonyl (C=O) groups excluding carboxylic acids is 1. The van der Waals surface area contributed by atoms with Gasteiger partial charge in [-0.15, -0.1) is 0 Å². The molecule has 0 aliphatic rings. The lowest BCUT2D eigenvalue weighted by Crippen LogP contribution is -1.98. The zero-order valence-corrected chi connectivity index (χ0v) is 11.3. The molecule has 0 aliphatic heterocycles. The van der Waals surface area contributed by atoms with Gasteiger partial charge < -0.3 is 0 Å². The van der Waals surface area contributed by atoms with Gasteiger partial charge >= 0.3 is 0 Å². The average Bonchev–Trinajstić information content (AvgIpc) is 2.30. The van der Waals surface area contributed by atoms with Crippen LogP contribution in [0, 0.1) is 0 Å². The van der Waals surface area contributed by atoms with Crippen LogP contribution in [0.2, 0.25) is 0 Å². The third kappa shape index (κ3) is 5.16. The molecular formula is C16H24O. The van der Waals surface area contributed by atoms with E-state index >= 15 is 0 Å². The molecule has 94 valence electrons. The van der Waals surface area contributed by atoms with E-state index in [9.17, 15) is 4.79 Å². The Morgan fingerprint density at radius 2 is 1.76 bits per heavy atom. The molecule has 0 spiro atoms. The van der Waals surface area contributed by atoms with E-state index in [1.165, 1.54) is 11.1 Å². The second kappa shape index (κ2) is 7.26. The van der Waals surface area contributed by atoms with Crippen molar-refractivity contribution in [1.82, 2.24) is 0 Å². The first-order valence-corrected chi connectivity index (χ1v) is 6.74. The minimum Gasteiger partial charge on any atom is -0.300 e. The SMILES string of the molecule is CCCC(=O)CCCc1ccc(C(C)C)cc1. The van der Waals surface area contributed by atoms with Crippen molar-refractivity contribution in [3.05, 3.63) is 35.4 Å². The zero-order valence-electron chi connectivity index (χ0n) is 11.3. The maximum absolute atomic E-state index is 11.4. The molecule has 0 amide bonds. The van der Waals surface area contributed by atoms with Crippen LogP contribution in [0.3, 0.4) is 0 Å². The van der Waals surface area contributed by atoms with Gasteiger partial charge in [0.15, 0.2) is 0 Å². The maximum Gasteiger partial charge on any atom is 0.132 e. The Labute approximate surface area is 105 Å². The molecule has 0 atom stereocenters. The number of rotatable bonds is 7. The monoisotopic (exact) mass is 232 g/mol. The predicted octanol–water partition coefficient (Wildman–Crippen LogP) is 4.50. The van der Waals surface area contributed by atoms with Crippen LogP contribution in [-0.2, 0) is 11.2 Å². The van der Waals surface area contributed by atoms with E-state index < -0.39 is 0 Å². The number of hydrogen-bond acceptors (Lipinski definition) is 1. The van der Waals surface area contributed by atoms with Gasteiger partial charge in [-0.2, -0.15) is 0 Å². The van der Waals surface area contributed by atoms with Crippen molar-refractivity contribution < 1.29 is 4.79 Å². The van der Waals surface area contributed by atoms with Gasteiger partial charge in [0, 0.05) is 12.8 Å². The van der Waals surface area contributed by atoms with Gasteiger partial charge in [-0.05, 0) is 36.3 Å². The Morgan fingerprint density at radius 1 is 1.12 bits per heavy atom. The van der Waals surface area contributed by atoms with Crippen molar-refractivity contribution in [2.24, 2.45) is 0 Å². The molecular weight excluding hydrogens is 208 g/mol. The Bertz CT molecular complexity index is 335. The van der Waals surface area contributed by atoms with Gasteiger partial charge in [0.2, 0.25) is 0 Å². The average molecular weight is 232 g/mol. The molecule has 0 saturated heterocycles. The van der Waals surface area contributed by atoms with E-state index in [0.29, 0.717) is 11.7 Å². The van der Waals surface area contributed by atoms with Crippen molar-refractivity contribution >= 4 is 5.78 Å². The van der Waals surface area contributed by atoms with Crippen molar-refractivity contribution in [2.75, 3.05) is 0 Å². The molecule has 0 fully saturated rings. The molecule has 1 aromatic carbocycles. The summed E-state index contributed by atoms with van der Waals surface area (Å²) in [6.45, 7) is 6.47. The molecule has 1 rings (SSSR count). The summed E-state index contributed by atoms with van der Waals surface area (Å²) in [5, 5.41) is 0. The largest absolute Gasteiger partial charge is 0.300 e. The molecule has 17 heavy (non-hydrogen) atoms. The Hall–Kier alpha value is -1.11.